The van der Waals surface area contributed by atoms with Gasteiger partial charge in [-0.2, -0.15) is 0 Å². The first-order valence-corrected chi connectivity index (χ1v) is 12.9. The summed E-state index contributed by atoms with van der Waals surface area (Å²) in [7, 11) is -3.89. The Labute approximate surface area is 168 Å². The topological polar surface area (TPSA) is 30.5 Å². The molecule has 2 aliphatic rings. The predicted octanol–water partition coefficient (Wildman–Crippen LogP) is 6.56. The van der Waals surface area contributed by atoms with Crippen LogP contribution in [0.5, 0.6) is 0 Å². The van der Waals surface area contributed by atoms with E-state index in [-0.39, 0.29) is 6.10 Å². The number of nitrogens with one attached hydrogen (secondary N) is 1. The number of hydrogen-bond acceptors (Lipinski definition) is 3. The van der Waals surface area contributed by atoms with Crippen LogP contribution in [0.4, 0.5) is 5.69 Å². The molecule has 0 aromatic heterocycles. The molecule has 3 nitrogen and oxygen atoms in total. The first-order chi connectivity index (χ1) is 13.1. The van der Waals surface area contributed by atoms with Gasteiger partial charge in [0.2, 0.25) is 0 Å². The van der Waals surface area contributed by atoms with Gasteiger partial charge in [-0.25, -0.2) is 9.04 Å². The zero-order valence-electron chi connectivity index (χ0n) is 17.7. The first kappa shape index (κ1) is 19.2. The van der Waals surface area contributed by atoms with Gasteiger partial charge in [0.15, 0.2) is 0 Å². The fourth-order valence-corrected chi connectivity index (χ4v) is 10.6. The van der Waals surface area contributed by atoms with E-state index in [4.69, 9.17) is 8.37 Å². The lowest BCUT2D eigenvalue weighted by Gasteiger charge is -2.83. The van der Waals surface area contributed by atoms with Gasteiger partial charge in [-0.05, 0) is 68.5 Å². The molecule has 1 spiro atoms. The second-order valence-electron chi connectivity index (χ2n) is 8.86. The van der Waals surface area contributed by atoms with Crippen molar-refractivity contribution in [3.8, 4) is 0 Å². The summed E-state index contributed by atoms with van der Waals surface area (Å²) in [6, 6.07) is 12.8. The number of anilines is 1. The van der Waals surface area contributed by atoms with Crippen molar-refractivity contribution in [2.24, 2.45) is 0 Å². The highest BCUT2D eigenvalue weighted by molar-refractivity contribution is 8.58. The summed E-state index contributed by atoms with van der Waals surface area (Å²) in [6.07, 6.45) is 11.6. The molecule has 0 amide bonds. The van der Waals surface area contributed by atoms with Crippen molar-refractivity contribution in [3.05, 3.63) is 76.6 Å². The van der Waals surface area contributed by atoms with E-state index in [1.807, 2.05) is 13.0 Å². The van der Waals surface area contributed by atoms with Crippen LogP contribution in [0.3, 0.4) is 0 Å². The molecule has 0 radical (unpaired) electrons. The Morgan fingerprint density at radius 2 is 1.71 bits per heavy atom. The average molecular weight is 398 g/mol. The molecule has 1 atom stereocenters. The van der Waals surface area contributed by atoms with E-state index in [0.29, 0.717) is 0 Å². The SMILES string of the molecule is CC1=CC(C)OS2(C)(C)(Nc3ccccc3/C=C\Cc3c(C)ccc(C)c32)O1. The number of aryl methyl sites for hydroxylation is 2. The maximum absolute atomic E-state index is 6.95. The summed E-state index contributed by atoms with van der Waals surface area (Å²) < 4.78 is 17.7. The molecule has 2 aromatic rings. The number of hydrogen-bond donors (Lipinski definition) is 1. The number of para-hydroxylation sites is 1. The van der Waals surface area contributed by atoms with E-state index < -0.39 is 9.04 Å². The lowest BCUT2D eigenvalue weighted by molar-refractivity contribution is 0.204. The second kappa shape index (κ2) is 5.68. The molecule has 4 heteroatoms. The van der Waals surface area contributed by atoms with Gasteiger partial charge in [0, 0.05) is 12.5 Å². The van der Waals surface area contributed by atoms with Crippen LogP contribution in [0.15, 0.2) is 59.2 Å². The van der Waals surface area contributed by atoms with E-state index in [0.717, 1.165) is 23.4 Å². The Morgan fingerprint density at radius 3 is 2.46 bits per heavy atom. The van der Waals surface area contributed by atoms with Crippen LogP contribution in [0.25, 0.3) is 6.08 Å². The fourth-order valence-electron chi connectivity index (χ4n) is 5.00. The maximum atomic E-state index is 6.95. The Balaban J connectivity index is 2.16. The van der Waals surface area contributed by atoms with Crippen molar-refractivity contribution >= 4 is 20.8 Å². The van der Waals surface area contributed by atoms with Crippen molar-refractivity contribution in [3.63, 3.8) is 0 Å². The second-order valence-corrected chi connectivity index (χ2v) is 14.6. The van der Waals surface area contributed by atoms with Crippen molar-refractivity contribution in [1.82, 2.24) is 0 Å². The minimum Gasteiger partial charge on any atom is -0.407 e. The van der Waals surface area contributed by atoms with E-state index in [1.54, 1.807) is 0 Å². The smallest absolute Gasteiger partial charge is 0.122 e. The fraction of sp³-hybridized carbons (Fsp3) is 0.333. The summed E-state index contributed by atoms with van der Waals surface area (Å²) in [4.78, 5) is 1.17. The third-order valence-electron chi connectivity index (χ3n) is 5.76. The maximum Gasteiger partial charge on any atom is 0.122 e. The van der Waals surface area contributed by atoms with Gasteiger partial charge < -0.3 is 8.91 Å². The summed E-state index contributed by atoms with van der Waals surface area (Å²) in [5.74, 6) is 0.898. The van der Waals surface area contributed by atoms with Crippen molar-refractivity contribution < 1.29 is 8.37 Å². The van der Waals surface area contributed by atoms with Crippen LogP contribution in [-0.2, 0) is 14.8 Å². The van der Waals surface area contributed by atoms with Crippen LogP contribution in [-0.4, -0.2) is 18.6 Å². The Hall–Kier alpha value is -2.17. The largest absolute Gasteiger partial charge is 0.407 e. The van der Waals surface area contributed by atoms with Gasteiger partial charge in [-0.3, -0.25) is 4.18 Å². The normalized spacial score (nSPS) is 27.4. The number of rotatable bonds is 0. The molecule has 2 aliphatic heterocycles. The summed E-state index contributed by atoms with van der Waals surface area (Å²) in [5.41, 5.74) is 5.90. The Bertz CT molecular complexity index is 1050. The molecule has 0 saturated heterocycles. The van der Waals surface area contributed by atoms with Gasteiger partial charge in [0.1, 0.15) is 11.9 Å². The summed E-state index contributed by atoms with van der Waals surface area (Å²) >= 11 is 0. The molecule has 0 fully saturated rings. The van der Waals surface area contributed by atoms with Crippen molar-refractivity contribution in [1.29, 1.82) is 0 Å². The van der Waals surface area contributed by atoms with Gasteiger partial charge in [0.05, 0.1) is 10.6 Å². The van der Waals surface area contributed by atoms with Crippen LogP contribution < -0.4 is 4.72 Å². The van der Waals surface area contributed by atoms with Gasteiger partial charge in [-0.15, -0.1) is 0 Å². The molecule has 1 N–H and O–H groups in total. The summed E-state index contributed by atoms with van der Waals surface area (Å²) in [5, 5.41) is 0. The van der Waals surface area contributed by atoms with Gasteiger partial charge in [0.25, 0.3) is 0 Å². The number of fused-ring (bicyclic) bond motifs is 3. The van der Waals surface area contributed by atoms with E-state index >= 15 is 0 Å². The molecular weight excluding hydrogens is 366 g/mol. The van der Waals surface area contributed by atoms with E-state index in [9.17, 15) is 0 Å². The molecule has 28 heavy (non-hydrogen) atoms. The number of allylic oxidation sites excluding steroid dienone is 2. The first-order valence-electron chi connectivity index (χ1n) is 9.82. The monoisotopic (exact) mass is 397 g/mol. The van der Waals surface area contributed by atoms with Crippen LogP contribution >= 0.6 is 9.04 Å². The van der Waals surface area contributed by atoms with Crippen molar-refractivity contribution in [2.45, 2.75) is 45.1 Å². The predicted molar refractivity (Wildman–Crippen MR) is 122 cm³/mol. The van der Waals surface area contributed by atoms with E-state index in [2.05, 4.69) is 86.6 Å². The lowest BCUT2D eigenvalue weighted by Crippen LogP contribution is -2.50. The standard InChI is InChI=1S/C24H31NO2S/c1-17-14-15-18(2)24-22(17)12-9-11-21-10-7-8-13-23(21)25-28(24,5,6)26-19(3)16-20(4)27-28/h7-11,13-16,19,25H,12H2,1-6H3/b11-9-. The molecule has 2 aromatic carbocycles. The highest BCUT2D eigenvalue weighted by Gasteiger charge is 2.54. The van der Waals surface area contributed by atoms with Crippen LogP contribution in [0.2, 0.25) is 0 Å². The zero-order valence-corrected chi connectivity index (χ0v) is 18.5. The third-order valence-corrected chi connectivity index (χ3v) is 10.4. The average Bonchev–Trinajstić information content (AvgIpc) is 2.61. The Morgan fingerprint density at radius 1 is 1.00 bits per heavy atom. The van der Waals surface area contributed by atoms with Crippen molar-refractivity contribution in [2.75, 3.05) is 17.2 Å². The Kier molecular flexibility index (Phi) is 3.89. The molecule has 0 saturated carbocycles. The molecule has 4 rings (SSSR count). The van der Waals surface area contributed by atoms with E-state index in [1.165, 1.54) is 21.6 Å². The minimum atomic E-state index is -3.89. The van der Waals surface area contributed by atoms with Crippen LogP contribution in [0.1, 0.15) is 36.1 Å². The zero-order chi connectivity index (χ0) is 20.2. The molecular formula is C24H31NO2S. The molecule has 0 aliphatic carbocycles. The minimum absolute atomic E-state index is 0.0634. The highest BCUT2D eigenvalue weighted by Crippen LogP contribution is 2.92. The van der Waals surface area contributed by atoms with Crippen LogP contribution in [0, 0.1) is 13.8 Å². The highest BCUT2D eigenvalue weighted by atomic mass is 32.4. The number of benzene rings is 2. The molecule has 2 heterocycles. The van der Waals surface area contributed by atoms with Gasteiger partial charge in [-0.1, -0.05) is 42.5 Å². The lowest BCUT2D eigenvalue weighted by atomic mass is 10.0. The quantitative estimate of drug-likeness (QED) is 0.546. The third kappa shape index (κ3) is 2.78. The molecule has 0 bridgehead atoms. The molecule has 1 unspecified atom stereocenters. The van der Waals surface area contributed by atoms with Gasteiger partial charge >= 0.3 is 0 Å². The molecule has 150 valence electrons. The summed E-state index contributed by atoms with van der Waals surface area (Å²) in [6.45, 7) is 8.47.